The van der Waals surface area contributed by atoms with Crippen molar-refractivity contribution < 1.29 is 0 Å². The summed E-state index contributed by atoms with van der Waals surface area (Å²) >= 11 is 0. The molecule has 1 saturated heterocycles. The van der Waals surface area contributed by atoms with Crippen LogP contribution in [0.25, 0.3) is 0 Å². The lowest BCUT2D eigenvalue weighted by Crippen LogP contribution is -2.33. The second-order valence-electron chi connectivity index (χ2n) is 4.47. The molecule has 0 radical (unpaired) electrons. The van der Waals surface area contributed by atoms with Crippen molar-refractivity contribution in [2.24, 2.45) is 17.6 Å². The average molecular weight is 169 g/mol. The topological polar surface area (TPSA) is 32.5 Å². The van der Waals surface area contributed by atoms with E-state index in [9.17, 15) is 0 Å². The van der Waals surface area contributed by atoms with Gasteiger partial charge in [-0.1, -0.05) is 0 Å². The quantitative estimate of drug-likeness (QED) is 0.614. The Balaban J connectivity index is 1.67. The fraction of sp³-hybridized carbons (Fsp3) is 1.00. The summed E-state index contributed by atoms with van der Waals surface area (Å²) in [5.41, 5.74) is 5.85. The third-order valence-corrected chi connectivity index (χ3v) is 3.20. The van der Waals surface area contributed by atoms with Crippen molar-refractivity contribution in [1.29, 1.82) is 0 Å². The van der Waals surface area contributed by atoms with Gasteiger partial charge in [-0.2, -0.15) is 0 Å². The molecule has 2 N–H and O–H groups in total. The number of hydrogen-bond donors (Lipinski definition) is 1. The number of rotatable bonds is 3. The lowest BCUT2D eigenvalue weighted by atomic mass is 10.4. The van der Waals surface area contributed by atoms with E-state index >= 15 is 0 Å². The van der Waals surface area contributed by atoms with Gasteiger partial charge >= 0.3 is 0 Å². The number of likely N-dealkylation sites (tertiary alicyclic amines) is 1. The molecule has 2 fully saturated rings. The molecule has 1 aliphatic carbocycles. The summed E-state index contributed by atoms with van der Waals surface area (Å²) in [7, 11) is 4.26. The molecule has 2 unspecified atom stereocenters. The van der Waals surface area contributed by atoms with E-state index in [1.165, 1.54) is 26.2 Å². The van der Waals surface area contributed by atoms with E-state index in [1.807, 2.05) is 0 Å². The van der Waals surface area contributed by atoms with Crippen LogP contribution >= 0.6 is 0 Å². The number of fused-ring (bicyclic) bond motifs is 1. The second-order valence-corrected chi connectivity index (χ2v) is 4.47. The lowest BCUT2D eigenvalue weighted by molar-refractivity contribution is 0.258. The Kier molecular flexibility index (Phi) is 2.10. The molecule has 1 aliphatic heterocycles. The first-order valence-corrected chi connectivity index (χ1v) is 4.81. The molecule has 0 bridgehead atoms. The fourth-order valence-electron chi connectivity index (χ4n) is 2.18. The summed E-state index contributed by atoms with van der Waals surface area (Å²) in [6.45, 7) is 4.89. The van der Waals surface area contributed by atoms with Crippen LogP contribution in [0.3, 0.4) is 0 Å². The monoisotopic (exact) mass is 169 g/mol. The molecule has 1 heterocycles. The molecule has 0 spiro atoms. The Morgan fingerprint density at radius 2 is 1.92 bits per heavy atom. The molecule has 3 nitrogen and oxygen atoms in total. The van der Waals surface area contributed by atoms with Gasteiger partial charge in [0.05, 0.1) is 0 Å². The van der Waals surface area contributed by atoms with Crippen molar-refractivity contribution in [2.75, 3.05) is 40.3 Å². The number of nitrogens with zero attached hydrogens (tertiary/aromatic N) is 2. The zero-order chi connectivity index (χ0) is 8.72. The summed E-state index contributed by atoms with van der Waals surface area (Å²) in [5.74, 6) is 1.68. The van der Waals surface area contributed by atoms with Gasteiger partial charge in [-0.3, -0.25) is 0 Å². The highest BCUT2D eigenvalue weighted by Gasteiger charge is 2.53. The van der Waals surface area contributed by atoms with E-state index in [2.05, 4.69) is 23.9 Å². The van der Waals surface area contributed by atoms with Crippen molar-refractivity contribution in [3.8, 4) is 0 Å². The van der Waals surface area contributed by atoms with Gasteiger partial charge in [-0.15, -0.1) is 0 Å². The van der Waals surface area contributed by atoms with Gasteiger partial charge in [0.15, 0.2) is 0 Å². The predicted octanol–water partition coefficient (Wildman–Crippen LogP) is -0.563. The molecule has 2 atom stereocenters. The van der Waals surface area contributed by atoms with Crippen LogP contribution < -0.4 is 5.73 Å². The molecule has 0 amide bonds. The van der Waals surface area contributed by atoms with Crippen LogP contribution in [0.2, 0.25) is 0 Å². The molecule has 12 heavy (non-hydrogen) atoms. The van der Waals surface area contributed by atoms with Crippen LogP contribution in [0.5, 0.6) is 0 Å². The molecular weight excluding hydrogens is 150 g/mol. The van der Waals surface area contributed by atoms with Crippen LogP contribution in [0, 0.1) is 11.8 Å². The minimum absolute atomic E-state index is 0.542. The Bertz CT molecular complexity index is 157. The zero-order valence-corrected chi connectivity index (χ0v) is 8.03. The molecule has 1 saturated carbocycles. The van der Waals surface area contributed by atoms with Gasteiger partial charge in [-0.25, -0.2) is 0 Å². The Morgan fingerprint density at radius 3 is 2.42 bits per heavy atom. The van der Waals surface area contributed by atoms with Crippen LogP contribution in [0.4, 0.5) is 0 Å². The highest BCUT2D eigenvalue weighted by Crippen LogP contribution is 2.43. The van der Waals surface area contributed by atoms with Gasteiger partial charge in [-0.05, 0) is 25.9 Å². The Labute approximate surface area is 74.5 Å². The van der Waals surface area contributed by atoms with Gasteiger partial charge in [0, 0.05) is 32.2 Å². The smallest absolute Gasteiger partial charge is 0.0127 e. The minimum atomic E-state index is 0.542. The van der Waals surface area contributed by atoms with Crippen LogP contribution in [-0.2, 0) is 0 Å². The van der Waals surface area contributed by atoms with Crippen molar-refractivity contribution in [3.05, 3.63) is 0 Å². The highest BCUT2D eigenvalue weighted by molar-refractivity contribution is 5.08. The standard InChI is InChI=1S/C9H19N3/c1-11(2)3-4-12-5-7-8(6-12)9(7)10/h7-9H,3-6,10H2,1-2H3. The lowest BCUT2D eigenvalue weighted by Gasteiger charge is -2.20. The van der Waals surface area contributed by atoms with E-state index in [4.69, 9.17) is 5.73 Å². The number of piperidine rings is 1. The maximum absolute atomic E-state index is 5.85. The number of nitrogens with two attached hydrogens (primary N) is 1. The van der Waals surface area contributed by atoms with Gasteiger partial charge in [0.2, 0.25) is 0 Å². The highest BCUT2D eigenvalue weighted by atomic mass is 15.2. The molecular formula is C9H19N3. The molecule has 2 rings (SSSR count). The summed E-state index contributed by atoms with van der Waals surface area (Å²) in [6.07, 6.45) is 0. The fourth-order valence-corrected chi connectivity index (χ4v) is 2.18. The minimum Gasteiger partial charge on any atom is -0.327 e. The summed E-state index contributed by atoms with van der Waals surface area (Å²) < 4.78 is 0. The molecule has 0 aromatic rings. The molecule has 0 aromatic carbocycles. The zero-order valence-electron chi connectivity index (χ0n) is 8.03. The van der Waals surface area contributed by atoms with Crippen molar-refractivity contribution >= 4 is 0 Å². The van der Waals surface area contributed by atoms with E-state index in [-0.39, 0.29) is 0 Å². The largest absolute Gasteiger partial charge is 0.327 e. The first kappa shape index (κ1) is 8.48. The van der Waals surface area contributed by atoms with Crippen molar-refractivity contribution in [3.63, 3.8) is 0 Å². The first-order chi connectivity index (χ1) is 5.68. The molecule has 70 valence electrons. The van der Waals surface area contributed by atoms with E-state index < -0.39 is 0 Å². The van der Waals surface area contributed by atoms with E-state index in [0.717, 1.165) is 11.8 Å². The van der Waals surface area contributed by atoms with Gasteiger partial charge in [0.1, 0.15) is 0 Å². The third-order valence-electron chi connectivity index (χ3n) is 3.20. The maximum Gasteiger partial charge on any atom is 0.0127 e. The van der Waals surface area contributed by atoms with E-state index in [0.29, 0.717) is 6.04 Å². The Hall–Kier alpha value is -0.120. The normalized spacial score (nSPS) is 40.5. The van der Waals surface area contributed by atoms with Crippen LogP contribution in [0.1, 0.15) is 0 Å². The van der Waals surface area contributed by atoms with Crippen molar-refractivity contribution in [1.82, 2.24) is 9.80 Å². The first-order valence-electron chi connectivity index (χ1n) is 4.81. The maximum atomic E-state index is 5.85. The molecule has 2 aliphatic rings. The summed E-state index contributed by atoms with van der Waals surface area (Å²) in [4.78, 5) is 4.78. The van der Waals surface area contributed by atoms with Gasteiger partial charge < -0.3 is 15.5 Å². The number of hydrogen-bond acceptors (Lipinski definition) is 3. The molecule has 3 heteroatoms. The summed E-state index contributed by atoms with van der Waals surface area (Å²) in [5, 5.41) is 0. The predicted molar refractivity (Wildman–Crippen MR) is 49.9 cm³/mol. The SMILES string of the molecule is CN(C)CCN1CC2C(N)C2C1. The third kappa shape index (κ3) is 1.49. The van der Waals surface area contributed by atoms with E-state index in [1.54, 1.807) is 0 Å². The van der Waals surface area contributed by atoms with Crippen LogP contribution in [0.15, 0.2) is 0 Å². The Morgan fingerprint density at radius 1 is 1.33 bits per heavy atom. The van der Waals surface area contributed by atoms with Crippen molar-refractivity contribution in [2.45, 2.75) is 6.04 Å². The number of likely N-dealkylation sites (N-methyl/N-ethyl adjacent to an activating group) is 1. The van der Waals surface area contributed by atoms with Gasteiger partial charge in [0.25, 0.3) is 0 Å². The second kappa shape index (κ2) is 2.98. The van der Waals surface area contributed by atoms with Crippen LogP contribution in [-0.4, -0.2) is 56.1 Å². The molecule has 0 aromatic heterocycles. The summed E-state index contributed by atoms with van der Waals surface area (Å²) in [6, 6.07) is 0.542. The average Bonchev–Trinajstić information content (AvgIpc) is 2.52.